The smallest absolute Gasteiger partial charge is 0.166 e. The van der Waals surface area contributed by atoms with E-state index in [2.05, 4.69) is 0 Å². The summed E-state index contributed by atoms with van der Waals surface area (Å²) in [6, 6.07) is 3.46. The van der Waals surface area contributed by atoms with E-state index in [-0.39, 0.29) is 12.2 Å². The number of Topliss-reactive ketones (excluding diaryl/α,β-unsaturated/α-hetero) is 1. The molecule has 0 aromatic heterocycles. The number of benzene rings is 1. The number of rotatable bonds is 3. The Hall–Kier alpha value is -1.55. The van der Waals surface area contributed by atoms with Gasteiger partial charge in [-0.15, -0.1) is 0 Å². The normalized spacial score (nSPS) is 22.6. The predicted molar refractivity (Wildman–Crippen MR) is 67.4 cm³/mol. The molecule has 1 aromatic carbocycles. The molecule has 1 aliphatic carbocycles. The summed E-state index contributed by atoms with van der Waals surface area (Å²) < 4.78 is 10.5. The van der Waals surface area contributed by atoms with Crippen LogP contribution in [0.3, 0.4) is 0 Å². The summed E-state index contributed by atoms with van der Waals surface area (Å²) >= 11 is 0. The van der Waals surface area contributed by atoms with Crippen molar-refractivity contribution >= 4 is 5.78 Å². The van der Waals surface area contributed by atoms with Crippen molar-refractivity contribution < 1.29 is 19.4 Å². The maximum atomic E-state index is 12.1. The number of hydrogen-bond acceptors (Lipinski definition) is 4. The van der Waals surface area contributed by atoms with E-state index in [4.69, 9.17) is 9.47 Å². The van der Waals surface area contributed by atoms with Gasteiger partial charge < -0.3 is 14.6 Å². The van der Waals surface area contributed by atoms with E-state index in [1.165, 1.54) is 0 Å². The molecular formula is C14H18O4. The predicted octanol–water partition coefficient (Wildman–Crippen LogP) is 1.97. The first kappa shape index (κ1) is 12.9. The van der Waals surface area contributed by atoms with Gasteiger partial charge >= 0.3 is 0 Å². The van der Waals surface area contributed by atoms with Gasteiger partial charge in [0.2, 0.25) is 0 Å². The zero-order chi connectivity index (χ0) is 13.3. The summed E-state index contributed by atoms with van der Waals surface area (Å²) in [5, 5.41) is 10.3. The second-order valence-corrected chi connectivity index (χ2v) is 4.71. The van der Waals surface area contributed by atoms with Gasteiger partial charge in [-0.05, 0) is 12.5 Å². The highest BCUT2D eigenvalue weighted by molar-refractivity contribution is 6.00. The third-order valence-electron chi connectivity index (χ3n) is 3.59. The fourth-order valence-electron chi connectivity index (χ4n) is 2.39. The van der Waals surface area contributed by atoms with Crippen molar-refractivity contribution in [1.82, 2.24) is 0 Å². The fraction of sp³-hybridized carbons (Fsp3) is 0.500. The lowest BCUT2D eigenvalue weighted by atomic mass is 9.78. The van der Waals surface area contributed by atoms with Crippen LogP contribution < -0.4 is 9.47 Å². The molecule has 0 saturated carbocycles. The Balaban J connectivity index is 2.55. The van der Waals surface area contributed by atoms with E-state index < -0.39 is 5.60 Å². The second-order valence-electron chi connectivity index (χ2n) is 4.71. The maximum Gasteiger partial charge on any atom is 0.166 e. The Morgan fingerprint density at radius 3 is 2.56 bits per heavy atom. The van der Waals surface area contributed by atoms with E-state index in [0.29, 0.717) is 29.9 Å². The van der Waals surface area contributed by atoms with Crippen molar-refractivity contribution in [3.63, 3.8) is 0 Å². The number of carbonyl (C=O) groups excluding carboxylic acids is 1. The first-order valence-corrected chi connectivity index (χ1v) is 6.03. The minimum absolute atomic E-state index is 0.0576. The lowest BCUT2D eigenvalue weighted by molar-refractivity contribution is 0.0227. The van der Waals surface area contributed by atoms with E-state index in [1.807, 2.05) is 6.92 Å². The average molecular weight is 250 g/mol. The highest BCUT2D eigenvalue weighted by atomic mass is 16.5. The largest absolute Gasteiger partial charge is 0.497 e. The first-order valence-electron chi connectivity index (χ1n) is 6.03. The van der Waals surface area contributed by atoms with Crippen molar-refractivity contribution in [1.29, 1.82) is 0 Å². The lowest BCUT2D eigenvalue weighted by Gasteiger charge is -2.32. The molecule has 18 heavy (non-hydrogen) atoms. The van der Waals surface area contributed by atoms with Crippen LogP contribution in [0.4, 0.5) is 0 Å². The van der Waals surface area contributed by atoms with Crippen molar-refractivity contribution in [3.8, 4) is 11.5 Å². The molecule has 1 aromatic rings. The molecule has 0 radical (unpaired) electrons. The van der Waals surface area contributed by atoms with Crippen LogP contribution in [0, 0.1) is 0 Å². The van der Waals surface area contributed by atoms with E-state index in [9.17, 15) is 9.90 Å². The van der Waals surface area contributed by atoms with Gasteiger partial charge in [0.25, 0.3) is 0 Å². The SMILES string of the molecule is CC[C@@]1(O)CC(=O)c2cc(OC)cc(OC)c2C1. The summed E-state index contributed by atoms with van der Waals surface area (Å²) in [6.45, 7) is 1.88. The molecule has 4 heteroatoms. The van der Waals surface area contributed by atoms with Gasteiger partial charge in [0, 0.05) is 30.0 Å². The molecule has 1 aliphatic rings. The molecule has 2 rings (SSSR count). The molecule has 0 bridgehead atoms. The van der Waals surface area contributed by atoms with Crippen LogP contribution >= 0.6 is 0 Å². The molecule has 1 atom stereocenters. The van der Waals surface area contributed by atoms with Gasteiger partial charge in [-0.25, -0.2) is 0 Å². The molecule has 0 amide bonds. The van der Waals surface area contributed by atoms with Gasteiger partial charge in [0.15, 0.2) is 5.78 Å². The number of carbonyl (C=O) groups is 1. The standard InChI is InChI=1S/C14H18O4/c1-4-14(16)7-11-10(12(15)8-14)5-9(17-2)6-13(11)18-3/h5-6,16H,4,7-8H2,1-3H3/t14-/m0/s1. The zero-order valence-electron chi connectivity index (χ0n) is 10.9. The Morgan fingerprint density at radius 1 is 1.28 bits per heavy atom. The van der Waals surface area contributed by atoms with Crippen LogP contribution in [0.2, 0.25) is 0 Å². The third kappa shape index (κ3) is 2.08. The molecule has 0 heterocycles. The van der Waals surface area contributed by atoms with Crippen LogP contribution in [-0.2, 0) is 6.42 Å². The average Bonchev–Trinajstić information content (AvgIpc) is 2.38. The summed E-state index contributed by atoms with van der Waals surface area (Å²) in [6.07, 6.45) is 1.15. The Kier molecular flexibility index (Phi) is 3.30. The molecule has 98 valence electrons. The highest BCUT2D eigenvalue weighted by Crippen LogP contribution is 2.38. The Labute approximate surface area is 107 Å². The molecule has 0 spiro atoms. The third-order valence-corrected chi connectivity index (χ3v) is 3.59. The van der Waals surface area contributed by atoms with E-state index in [1.54, 1.807) is 26.4 Å². The van der Waals surface area contributed by atoms with Gasteiger partial charge in [-0.2, -0.15) is 0 Å². The van der Waals surface area contributed by atoms with Crippen LogP contribution in [0.15, 0.2) is 12.1 Å². The number of hydrogen-bond donors (Lipinski definition) is 1. The second kappa shape index (κ2) is 4.61. The van der Waals surface area contributed by atoms with Gasteiger partial charge in [0.1, 0.15) is 11.5 Å². The lowest BCUT2D eigenvalue weighted by Crippen LogP contribution is -2.38. The molecule has 0 unspecified atom stereocenters. The summed E-state index contributed by atoms with van der Waals surface area (Å²) in [5.41, 5.74) is 0.426. The number of aliphatic hydroxyl groups is 1. The zero-order valence-corrected chi connectivity index (χ0v) is 10.9. The maximum absolute atomic E-state index is 12.1. The van der Waals surface area contributed by atoms with Crippen LogP contribution in [0.1, 0.15) is 35.7 Å². The Bertz CT molecular complexity index is 481. The summed E-state index contributed by atoms with van der Waals surface area (Å²) in [7, 11) is 3.11. The summed E-state index contributed by atoms with van der Waals surface area (Å²) in [5.74, 6) is 1.14. The van der Waals surface area contributed by atoms with Crippen molar-refractivity contribution in [3.05, 3.63) is 23.3 Å². The fourth-order valence-corrected chi connectivity index (χ4v) is 2.39. The first-order chi connectivity index (χ1) is 8.53. The van der Waals surface area contributed by atoms with Crippen LogP contribution in [-0.4, -0.2) is 30.7 Å². The molecule has 1 N–H and O–H groups in total. The van der Waals surface area contributed by atoms with Crippen molar-refractivity contribution in [2.45, 2.75) is 31.8 Å². The molecule has 0 aliphatic heterocycles. The quantitative estimate of drug-likeness (QED) is 0.891. The number of ketones is 1. The minimum atomic E-state index is -0.952. The molecule has 4 nitrogen and oxygen atoms in total. The van der Waals surface area contributed by atoms with Gasteiger partial charge in [0.05, 0.1) is 19.8 Å². The number of fused-ring (bicyclic) bond motifs is 1. The van der Waals surface area contributed by atoms with Crippen LogP contribution in [0.25, 0.3) is 0 Å². The van der Waals surface area contributed by atoms with Gasteiger partial charge in [-0.3, -0.25) is 4.79 Å². The number of ether oxygens (including phenoxy) is 2. The van der Waals surface area contributed by atoms with Crippen LogP contribution in [0.5, 0.6) is 11.5 Å². The summed E-state index contributed by atoms with van der Waals surface area (Å²) in [4.78, 5) is 12.1. The van der Waals surface area contributed by atoms with Gasteiger partial charge in [-0.1, -0.05) is 6.92 Å². The van der Waals surface area contributed by atoms with E-state index in [0.717, 1.165) is 5.56 Å². The topological polar surface area (TPSA) is 55.8 Å². The minimum Gasteiger partial charge on any atom is -0.497 e. The van der Waals surface area contributed by atoms with E-state index >= 15 is 0 Å². The Morgan fingerprint density at radius 2 is 2.00 bits per heavy atom. The molecular weight excluding hydrogens is 232 g/mol. The number of methoxy groups -OCH3 is 2. The molecule has 0 fully saturated rings. The van der Waals surface area contributed by atoms with Crippen molar-refractivity contribution in [2.24, 2.45) is 0 Å². The molecule has 0 saturated heterocycles. The monoisotopic (exact) mass is 250 g/mol. The van der Waals surface area contributed by atoms with Crippen molar-refractivity contribution in [2.75, 3.05) is 14.2 Å². The highest BCUT2D eigenvalue weighted by Gasteiger charge is 2.37.